The molecule has 1 aromatic rings. The lowest BCUT2D eigenvalue weighted by molar-refractivity contribution is -0.885. The first-order valence-corrected chi connectivity index (χ1v) is 7.00. The molecule has 1 aromatic carbocycles. The summed E-state index contributed by atoms with van der Waals surface area (Å²) in [6.45, 7) is 5.12. The third kappa shape index (κ3) is 7.41. The van der Waals surface area contributed by atoms with E-state index in [2.05, 4.69) is 10.6 Å². The minimum atomic E-state index is -0.479. The molecular formula is C15H23FN3O2+. The van der Waals surface area contributed by atoms with Crippen LogP contribution in [0.5, 0.6) is 0 Å². The normalized spacial score (nSPS) is 12.0. The minimum absolute atomic E-state index is 0.144. The van der Waals surface area contributed by atoms with Crippen LogP contribution in [0.25, 0.3) is 0 Å². The quantitative estimate of drug-likeness (QED) is 0.708. The van der Waals surface area contributed by atoms with Gasteiger partial charge in [-0.05, 0) is 18.1 Å². The molecule has 0 aliphatic heterocycles. The van der Waals surface area contributed by atoms with Crippen LogP contribution in [0.1, 0.15) is 19.4 Å². The van der Waals surface area contributed by atoms with Gasteiger partial charge in [-0.2, -0.15) is 0 Å². The van der Waals surface area contributed by atoms with Crippen molar-refractivity contribution in [2.75, 3.05) is 20.1 Å². The fraction of sp³-hybridized carbons (Fsp3) is 0.467. The molecule has 0 bridgehead atoms. The predicted molar refractivity (Wildman–Crippen MR) is 78.2 cm³/mol. The summed E-state index contributed by atoms with van der Waals surface area (Å²) in [7, 11) is 1.82. The molecule has 0 radical (unpaired) electrons. The van der Waals surface area contributed by atoms with Crippen molar-refractivity contribution >= 4 is 11.9 Å². The molecule has 116 valence electrons. The van der Waals surface area contributed by atoms with Crippen molar-refractivity contribution in [2.24, 2.45) is 5.92 Å². The van der Waals surface area contributed by atoms with Crippen LogP contribution in [-0.2, 0) is 11.3 Å². The Morgan fingerprint density at radius 1 is 1.33 bits per heavy atom. The standard InChI is InChI=1S/C15H22FN3O2/c1-11(2)8-17-15(21)18-14(20)10-19(3)9-12-5-4-6-13(16)7-12/h4-7,11H,8-10H2,1-3H3,(H2,17,18,20,21)/p+1. The van der Waals surface area contributed by atoms with E-state index in [0.29, 0.717) is 19.0 Å². The number of carbonyl (C=O) groups is 2. The van der Waals surface area contributed by atoms with E-state index in [0.717, 1.165) is 10.5 Å². The summed E-state index contributed by atoms with van der Waals surface area (Å²) in [5.41, 5.74) is 0.810. The highest BCUT2D eigenvalue weighted by Gasteiger charge is 2.13. The summed E-state index contributed by atoms with van der Waals surface area (Å²) in [6.07, 6.45) is 0. The number of benzene rings is 1. The number of quaternary nitrogens is 1. The average Bonchev–Trinajstić information content (AvgIpc) is 2.35. The Kier molecular flexibility index (Phi) is 6.81. The molecule has 3 N–H and O–H groups in total. The zero-order valence-electron chi connectivity index (χ0n) is 12.7. The molecule has 1 atom stereocenters. The zero-order valence-corrected chi connectivity index (χ0v) is 12.7. The summed E-state index contributed by atoms with van der Waals surface area (Å²) in [5, 5.41) is 4.89. The second-order valence-corrected chi connectivity index (χ2v) is 5.59. The van der Waals surface area contributed by atoms with Gasteiger partial charge in [0.2, 0.25) is 0 Å². The second kappa shape index (κ2) is 8.36. The van der Waals surface area contributed by atoms with E-state index in [-0.39, 0.29) is 18.3 Å². The van der Waals surface area contributed by atoms with Crippen molar-refractivity contribution in [3.63, 3.8) is 0 Å². The van der Waals surface area contributed by atoms with Crippen molar-refractivity contribution in [1.82, 2.24) is 10.6 Å². The minimum Gasteiger partial charge on any atom is -0.338 e. The van der Waals surface area contributed by atoms with Gasteiger partial charge in [0.1, 0.15) is 12.4 Å². The Labute approximate surface area is 124 Å². The molecule has 0 fully saturated rings. The molecule has 6 heteroatoms. The lowest BCUT2D eigenvalue weighted by Gasteiger charge is -2.14. The van der Waals surface area contributed by atoms with E-state index < -0.39 is 6.03 Å². The number of urea groups is 1. The summed E-state index contributed by atoms with van der Waals surface area (Å²) < 4.78 is 13.1. The van der Waals surface area contributed by atoms with Crippen LogP contribution in [0.15, 0.2) is 24.3 Å². The van der Waals surface area contributed by atoms with E-state index in [4.69, 9.17) is 0 Å². The van der Waals surface area contributed by atoms with Crippen molar-refractivity contribution < 1.29 is 18.9 Å². The van der Waals surface area contributed by atoms with Gasteiger partial charge in [0, 0.05) is 12.1 Å². The number of rotatable bonds is 6. The number of halogens is 1. The number of hydrogen-bond acceptors (Lipinski definition) is 2. The summed E-state index contributed by atoms with van der Waals surface area (Å²) >= 11 is 0. The first-order valence-electron chi connectivity index (χ1n) is 7.00. The number of likely N-dealkylation sites (N-methyl/N-ethyl adjacent to an activating group) is 1. The first kappa shape index (κ1) is 17.1. The monoisotopic (exact) mass is 296 g/mol. The Morgan fingerprint density at radius 2 is 2.05 bits per heavy atom. The largest absolute Gasteiger partial charge is 0.338 e. The van der Waals surface area contributed by atoms with Crippen LogP contribution >= 0.6 is 0 Å². The van der Waals surface area contributed by atoms with Crippen molar-refractivity contribution in [1.29, 1.82) is 0 Å². The average molecular weight is 296 g/mol. The summed E-state index contributed by atoms with van der Waals surface area (Å²) in [4.78, 5) is 24.0. The molecule has 0 aliphatic carbocycles. The van der Waals surface area contributed by atoms with Gasteiger partial charge in [0.25, 0.3) is 5.91 Å². The van der Waals surface area contributed by atoms with Gasteiger partial charge in [-0.1, -0.05) is 26.0 Å². The van der Waals surface area contributed by atoms with E-state index in [1.165, 1.54) is 12.1 Å². The van der Waals surface area contributed by atoms with Gasteiger partial charge in [-0.3, -0.25) is 10.1 Å². The molecule has 21 heavy (non-hydrogen) atoms. The topological polar surface area (TPSA) is 62.6 Å². The van der Waals surface area contributed by atoms with Gasteiger partial charge >= 0.3 is 6.03 Å². The fourth-order valence-electron chi connectivity index (χ4n) is 1.84. The molecule has 0 saturated heterocycles. The number of nitrogens with one attached hydrogen (secondary N) is 3. The van der Waals surface area contributed by atoms with Gasteiger partial charge < -0.3 is 10.2 Å². The number of hydrogen-bond donors (Lipinski definition) is 3. The lowest BCUT2D eigenvalue weighted by atomic mass is 10.2. The molecule has 1 unspecified atom stereocenters. The van der Waals surface area contributed by atoms with E-state index in [1.807, 2.05) is 20.9 Å². The third-order valence-corrected chi connectivity index (χ3v) is 2.78. The Balaban J connectivity index is 2.35. The summed E-state index contributed by atoms with van der Waals surface area (Å²) in [5.74, 6) is -0.324. The van der Waals surface area contributed by atoms with Crippen molar-refractivity contribution in [2.45, 2.75) is 20.4 Å². The third-order valence-electron chi connectivity index (χ3n) is 2.78. The van der Waals surface area contributed by atoms with E-state index in [1.54, 1.807) is 12.1 Å². The Morgan fingerprint density at radius 3 is 2.67 bits per heavy atom. The molecular weight excluding hydrogens is 273 g/mol. The van der Waals surface area contributed by atoms with E-state index >= 15 is 0 Å². The molecule has 0 aliphatic rings. The molecule has 1 rings (SSSR count). The van der Waals surface area contributed by atoms with Crippen molar-refractivity contribution in [3.8, 4) is 0 Å². The highest BCUT2D eigenvalue weighted by Crippen LogP contribution is 2.01. The zero-order chi connectivity index (χ0) is 15.8. The molecule has 5 nitrogen and oxygen atoms in total. The smallest absolute Gasteiger partial charge is 0.321 e. The Hall–Kier alpha value is -1.95. The van der Waals surface area contributed by atoms with Crippen LogP contribution in [0.4, 0.5) is 9.18 Å². The Bertz CT molecular complexity index is 492. The predicted octanol–water partition coefficient (Wildman–Crippen LogP) is 0.322. The van der Waals surface area contributed by atoms with Crippen molar-refractivity contribution in [3.05, 3.63) is 35.6 Å². The van der Waals surface area contributed by atoms with Gasteiger partial charge in [0.05, 0.1) is 7.05 Å². The fourth-order valence-corrected chi connectivity index (χ4v) is 1.84. The number of carbonyl (C=O) groups excluding carboxylic acids is 2. The molecule has 0 saturated carbocycles. The number of amides is 3. The van der Waals surface area contributed by atoms with E-state index in [9.17, 15) is 14.0 Å². The molecule has 0 heterocycles. The lowest BCUT2D eigenvalue weighted by Crippen LogP contribution is -3.09. The van der Waals surface area contributed by atoms with Crippen LogP contribution < -0.4 is 15.5 Å². The first-order chi connectivity index (χ1) is 9.86. The highest BCUT2D eigenvalue weighted by atomic mass is 19.1. The van der Waals surface area contributed by atoms with Crippen LogP contribution in [-0.4, -0.2) is 32.1 Å². The maximum absolute atomic E-state index is 13.1. The maximum atomic E-state index is 13.1. The number of imide groups is 1. The SMILES string of the molecule is CC(C)CNC(=O)NC(=O)C[NH+](C)Cc1cccc(F)c1. The molecule has 3 amide bonds. The van der Waals surface area contributed by atoms with Crippen LogP contribution in [0.2, 0.25) is 0 Å². The molecule has 0 aromatic heterocycles. The van der Waals surface area contributed by atoms with Crippen LogP contribution in [0, 0.1) is 11.7 Å². The van der Waals surface area contributed by atoms with Gasteiger partial charge in [-0.15, -0.1) is 0 Å². The highest BCUT2D eigenvalue weighted by molar-refractivity contribution is 5.94. The second-order valence-electron chi connectivity index (χ2n) is 5.59. The maximum Gasteiger partial charge on any atom is 0.321 e. The van der Waals surface area contributed by atoms with Gasteiger partial charge in [0.15, 0.2) is 6.54 Å². The van der Waals surface area contributed by atoms with Crippen LogP contribution in [0.3, 0.4) is 0 Å². The summed E-state index contributed by atoms with van der Waals surface area (Å²) in [6, 6.07) is 5.78. The molecule has 0 spiro atoms. The van der Waals surface area contributed by atoms with Gasteiger partial charge in [-0.25, -0.2) is 9.18 Å².